The molecule has 5 heteroatoms. The topological polar surface area (TPSA) is 59.5 Å². The van der Waals surface area contributed by atoms with Crippen molar-refractivity contribution < 1.29 is 9.21 Å². The van der Waals surface area contributed by atoms with Gasteiger partial charge in [-0.05, 0) is 48.6 Å². The number of carbonyl (C=O) groups excluding carboxylic acids is 1. The van der Waals surface area contributed by atoms with E-state index in [0.717, 1.165) is 23.1 Å². The van der Waals surface area contributed by atoms with Gasteiger partial charge in [0.05, 0.1) is 0 Å². The first-order valence-corrected chi connectivity index (χ1v) is 8.68. The molecule has 1 aliphatic rings. The van der Waals surface area contributed by atoms with Gasteiger partial charge in [0, 0.05) is 28.8 Å². The highest BCUT2D eigenvalue weighted by Gasteiger charge is 2.27. The number of anilines is 1. The Bertz CT molecular complexity index is 716. The SMILES string of the molecule is C[C@@H]1C[C@H](C)CN(C(=O)c2ccc(-c3ccc(Br)cc3N)o2)C1. The van der Waals surface area contributed by atoms with Gasteiger partial charge in [-0.2, -0.15) is 0 Å². The number of halogens is 1. The standard InChI is InChI=1S/C18H21BrN2O2/c1-11-7-12(2)10-21(9-11)18(22)17-6-5-16(23-17)14-4-3-13(19)8-15(14)20/h3-6,8,11-12H,7,9-10,20H2,1-2H3/t11-,12+. The summed E-state index contributed by atoms with van der Waals surface area (Å²) in [5.74, 6) is 2.02. The van der Waals surface area contributed by atoms with E-state index in [0.29, 0.717) is 29.0 Å². The second-order valence-corrected chi connectivity index (χ2v) is 7.47. The number of furan rings is 1. The summed E-state index contributed by atoms with van der Waals surface area (Å²) in [7, 11) is 0. The lowest BCUT2D eigenvalue weighted by molar-refractivity contribution is 0.0592. The molecule has 2 N–H and O–H groups in total. The third-order valence-electron chi connectivity index (χ3n) is 4.25. The Morgan fingerprint density at radius 2 is 1.91 bits per heavy atom. The zero-order valence-corrected chi connectivity index (χ0v) is 15.0. The molecule has 0 spiro atoms. The Morgan fingerprint density at radius 3 is 2.57 bits per heavy atom. The van der Waals surface area contributed by atoms with Crippen molar-refractivity contribution in [3.05, 3.63) is 40.6 Å². The minimum absolute atomic E-state index is 0.0367. The number of likely N-dealkylation sites (tertiary alicyclic amines) is 1. The van der Waals surface area contributed by atoms with E-state index in [-0.39, 0.29) is 5.91 Å². The van der Waals surface area contributed by atoms with Crippen LogP contribution >= 0.6 is 15.9 Å². The lowest BCUT2D eigenvalue weighted by Crippen LogP contribution is -2.42. The van der Waals surface area contributed by atoms with Gasteiger partial charge >= 0.3 is 0 Å². The molecule has 3 rings (SSSR count). The largest absolute Gasteiger partial charge is 0.451 e. The molecule has 1 fully saturated rings. The van der Waals surface area contributed by atoms with Crippen LogP contribution in [-0.2, 0) is 0 Å². The Morgan fingerprint density at radius 1 is 1.22 bits per heavy atom. The summed E-state index contributed by atoms with van der Waals surface area (Å²) < 4.78 is 6.70. The quantitative estimate of drug-likeness (QED) is 0.789. The first-order chi connectivity index (χ1) is 10.9. The summed E-state index contributed by atoms with van der Waals surface area (Å²) in [4.78, 5) is 14.6. The Kier molecular flexibility index (Phi) is 4.48. The van der Waals surface area contributed by atoms with Crippen LogP contribution in [0.1, 0.15) is 30.8 Å². The summed E-state index contributed by atoms with van der Waals surface area (Å²) in [6.45, 7) is 5.96. The fraction of sp³-hybridized carbons (Fsp3) is 0.389. The van der Waals surface area contributed by atoms with Gasteiger partial charge < -0.3 is 15.1 Å². The lowest BCUT2D eigenvalue weighted by atomic mass is 9.92. The number of hydrogen-bond acceptors (Lipinski definition) is 3. The van der Waals surface area contributed by atoms with Crippen molar-refractivity contribution in [3.63, 3.8) is 0 Å². The molecule has 0 bridgehead atoms. The van der Waals surface area contributed by atoms with Crippen molar-refractivity contribution in [1.82, 2.24) is 4.90 Å². The van der Waals surface area contributed by atoms with Crippen molar-refractivity contribution in [2.75, 3.05) is 18.8 Å². The predicted octanol–water partition coefficient (Wildman–Crippen LogP) is 4.41. The van der Waals surface area contributed by atoms with Crippen LogP contribution in [0.15, 0.2) is 39.2 Å². The number of piperidine rings is 1. The zero-order valence-electron chi connectivity index (χ0n) is 13.4. The van der Waals surface area contributed by atoms with Gasteiger partial charge in [-0.25, -0.2) is 0 Å². The van der Waals surface area contributed by atoms with Crippen LogP contribution in [-0.4, -0.2) is 23.9 Å². The molecule has 2 heterocycles. The maximum Gasteiger partial charge on any atom is 0.289 e. The first kappa shape index (κ1) is 16.1. The van der Waals surface area contributed by atoms with Crippen molar-refractivity contribution in [3.8, 4) is 11.3 Å². The number of amides is 1. The van der Waals surface area contributed by atoms with Crippen LogP contribution < -0.4 is 5.73 Å². The summed E-state index contributed by atoms with van der Waals surface area (Å²) >= 11 is 3.39. The molecule has 1 saturated heterocycles. The van der Waals surface area contributed by atoms with Crippen molar-refractivity contribution in [2.45, 2.75) is 20.3 Å². The summed E-state index contributed by atoms with van der Waals surface area (Å²) in [6, 6.07) is 9.17. The molecule has 1 aliphatic heterocycles. The van der Waals surface area contributed by atoms with Gasteiger partial charge in [0.2, 0.25) is 0 Å². The van der Waals surface area contributed by atoms with E-state index in [9.17, 15) is 4.79 Å². The maximum absolute atomic E-state index is 12.7. The number of rotatable bonds is 2. The van der Waals surface area contributed by atoms with Crippen LogP contribution in [0.3, 0.4) is 0 Å². The molecule has 1 amide bonds. The molecular weight excluding hydrogens is 356 g/mol. The van der Waals surface area contributed by atoms with Gasteiger partial charge in [-0.15, -0.1) is 0 Å². The predicted molar refractivity (Wildman–Crippen MR) is 95.1 cm³/mol. The number of nitrogens with zero attached hydrogens (tertiary/aromatic N) is 1. The van der Waals surface area contributed by atoms with Gasteiger partial charge in [0.15, 0.2) is 5.76 Å². The Balaban J connectivity index is 1.82. The highest BCUT2D eigenvalue weighted by Crippen LogP contribution is 2.31. The van der Waals surface area contributed by atoms with Gasteiger partial charge in [-0.1, -0.05) is 29.8 Å². The van der Waals surface area contributed by atoms with E-state index in [1.54, 1.807) is 6.07 Å². The second-order valence-electron chi connectivity index (χ2n) is 6.55. The first-order valence-electron chi connectivity index (χ1n) is 7.88. The molecule has 0 aliphatic carbocycles. The smallest absolute Gasteiger partial charge is 0.289 e. The molecule has 1 aromatic carbocycles. The second kappa shape index (κ2) is 6.40. The normalized spacial score (nSPS) is 21.4. The van der Waals surface area contributed by atoms with E-state index in [4.69, 9.17) is 10.2 Å². The third kappa shape index (κ3) is 3.44. The average Bonchev–Trinajstić information content (AvgIpc) is 2.95. The van der Waals surface area contributed by atoms with Crippen LogP contribution in [0.4, 0.5) is 5.69 Å². The number of nitrogens with two attached hydrogens (primary N) is 1. The van der Waals surface area contributed by atoms with E-state index >= 15 is 0 Å². The molecular formula is C18H21BrN2O2. The van der Waals surface area contributed by atoms with Crippen molar-refractivity contribution in [1.29, 1.82) is 0 Å². The molecule has 122 valence electrons. The molecule has 2 aromatic rings. The van der Waals surface area contributed by atoms with E-state index < -0.39 is 0 Å². The summed E-state index contributed by atoms with van der Waals surface area (Å²) in [5.41, 5.74) is 7.45. The van der Waals surface area contributed by atoms with Crippen LogP contribution in [0.5, 0.6) is 0 Å². The Labute approximate surface area is 144 Å². The van der Waals surface area contributed by atoms with Crippen LogP contribution in [0.2, 0.25) is 0 Å². The fourth-order valence-corrected chi connectivity index (χ4v) is 3.72. The number of carbonyl (C=O) groups is 1. The summed E-state index contributed by atoms with van der Waals surface area (Å²) in [5, 5.41) is 0. The molecule has 0 saturated carbocycles. The highest BCUT2D eigenvalue weighted by molar-refractivity contribution is 9.10. The molecule has 0 unspecified atom stereocenters. The van der Waals surface area contributed by atoms with Crippen LogP contribution in [0.25, 0.3) is 11.3 Å². The van der Waals surface area contributed by atoms with Crippen molar-refractivity contribution >= 4 is 27.5 Å². The van der Waals surface area contributed by atoms with Crippen molar-refractivity contribution in [2.24, 2.45) is 11.8 Å². The van der Waals surface area contributed by atoms with Crippen LogP contribution in [0, 0.1) is 11.8 Å². The summed E-state index contributed by atoms with van der Waals surface area (Å²) in [6.07, 6.45) is 1.17. The number of nitrogen functional groups attached to an aromatic ring is 1. The number of hydrogen-bond donors (Lipinski definition) is 1. The minimum Gasteiger partial charge on any atom is -0.451 e. The molecule has 4 nitrogen and oxygen atoms in total. The van der Waals surface area contributed by atoms with E-state index in [2.05, 4.69) is 29.8 Å². The molecule has 0 radical (unpaired) electrons. The highest BCUT2D eigenvalue weighted by atomic mass is 79.9. The van der Waals surface area contributed by atoms with Gasteiger partial charge in [0.25, 0.3) is 5.91 Å². The monoisotopic (exact) mass is 376 g/mol. The fourth-order valence-electron chi connectivity index (χ4n) is 3.34. The molecule has 2 atom stereocenters. The number of benzene rings is 1. The lowest BCUT2D eigenvalue weighted by Gasteiger charge is -2.34. The molecule has 23 heavy (non-hydrogen) atoms. The maximum atomic E-state index is 12.7. The molecule has 1 aromatic heterocycles. The van der Waals surface area contributed by atoms with Gasteiger partial charge in [0.1, 0.15) is 5.76 Å². The third-order valence-corrected chi connectivity index (χ3v) is 4.75. The van der Waals surface area contributed by atoms with E-state index in [1.807, 2.05) is 29.2 Å². The zero-order chi connectivity index (χ0) is 16.6. The average molecular weight is 377 g/mol. The van der Waals surface area contributed by atoms with Gasteiger partial charge in [-0.3, -0.25) is 4.79 Å². The minimum atomic E-state index is -0.0367. The van der Waals surface area contributed by atoms with E-state index in [1.165, 1.54) is 6.42 Å². The Hall–Kier alpha value is -1.75.